The Kier molecular flexibility index (Phi) is 7.62. The highest BCUT2D eigenvalue weighted by atomic mass is 35.5. The Morgan fingerprint density at radius 1 is 0.545 bits per heavy atom. The Balaban J connectivity index is 1.66. The highest BCUT2D eigenvalue weighted by molar-refractivity contribution is 6.68. The van der Waals surface area contributed by atoms with Crippen LogP contribution in [0.4, 0.5) is 0 Å². The number of rotatable bonds is 10. The monoisotopic (exact) mass is 458 g/mol. The zero-order chi connectivity index (χ0) is 22.9. The second-order valence-electron chi connectivity index (χ2n) is 7.37. The molecule has 0 aliphatic heterocycles. The third kappa shape index (κ3) is 6.15. The normalized spacial score (nSPS) is 10.5. The van der Waals surface area contributed by atoms with E-state index in [2.05, 4.69) is 0 Å². The van der Waals surface area contributed by atoms with Crippen LogP contribution in [0, 0.1) is 0 Å². The average molecular weight is 459 g/mol. The molecule has 0 atom stereocenters. The Morgan fingerprint density at radius 2 is 0.970 bits per heavy atom. The van der Waals surface area contributed by atoms with Crippen LogP contribution in [0.3, 0.4) is 0 Å². The van der Waals surface area contributed by atoms with Crippen LogP contribution in [0.2, 0.25) is 0 Å². The van der Waals surface area contributed by atoms with E-state index in [1.165, 1.54) is 0 Å². The fraction of sp³-hybridized carbons (Fsp3) is 0.107. The maximum absolute atomic E-state index is 12.2. The summed E-state index contributed by atoms with van der Waals surface area (Å²) in [6.45, 7) is 0.876. The molecule has 0 radical (unpaired) electrons. The number of halogens is 1. The van der Waals surface area contributed by atoms with E-state index in [0.29, 0.717) is 18.1 Å². The number of ether oxygens (including phenoxy) is 3. The summed E-state index contributed by atoms with van der Waals surface area (Å²) in [6.07, 6.45) is 0. The van der Waals surface area contributed by atoms with Crippen LogP contribution in [0.25, 0.3) is 0 Å². The van der Waals surface area contributed by atoms with Gasteiger partial charge in [-0.2, -0.15) is 0 Å². The Bertz CT molecular complexity index is 1180. The van der Waals surface area contributed by atoms with Gasteiger partial charge >= 0.3 is 0 Å². The van der Waals surface area contributed by atoms with Crippen molar-refractivity contribution in [3.05, 3.63) is 125 Å². The molecule has 0 fully saturated rings. The largest absolute Gasteiger partial charge is 0.485 e. The molecule has 4 aromatic rings. The van der Waals surface area contributed by atoms with E-state index < -0.39 is 5.24 Å². The van der Waals surface area contributed by atoms with Crippen molar-refractivity contribution in [1.82, 2.24) is 0 Å². The van der Waals surface area contributed by atoms with Crippen LogP contribution >= 0.6 is 11.6 Å². The lowest BCUT2D eigenvalue weighted by molar-refractivity contribution is 0.107. The van der Waals surface area contributed by atoms with Crippen molar-refractivity contribution < 1.29 is 19.0 Å². The summed E-state index contributed by atoms with van der Waals surface area (Å²) in [4.78, 5) is 12.2. The summed E-state index contributed by atoms with van der Waals surface area (Å²) in [5.41, 5.74) is 3.16. The molecule has 0 aliphatic carbocycles. The fourth-order valence-electron chi connectivity index (χ4n) is 3.29. The van der Waals surface area contributed by atoms with Gasteiger partial charge in [0.2, 0.25) is 5.75 Å². The van der Waals surface area contributed by atoms with Crippen LogP contribution in [0.15, 0.2) is 103 Å². The molecule has 0 heterocycles. The first-order valence-electron chi connectivity index (χ1n) is 10.6. The highest BCUT2D eigenvalue weighted by Gasteiger charge is 2.22. The van der Waals surface area contributed by atoms with E-state index in [1.54, 1.807) is 12.1 Å². The molecule has 0 bridgehead atoms. The lowest BCUT2D eigenvalue weighted by Crippen LogP contribution is -2.07. The summed E-state index contributed by atoms with van der Waals surface area (Å²) >= 11 is 5.89. The quantitative estimate of drug-likeness (QED) is 0.245. The van der Waals surface area contributed by atoms with Gasteiger partial charge in [0, 0.05) is 0 Å². The van der Waals surface area contributed by atoms with Gasteiger partial charge in [0.15, 0.2) is 11.5 Å². The molecule has 4 nitrogen and oxygen atoms in total. The molecule has 0 aromatic heterocycles. The molecule has 0 saturated heterocycles. The second-order valence-corrected chi connectivity index (χ2v) is 7.71. The van der Waals surface area contributed by atoms with Gasteiger partial charge in [0.25, 0.3) is 5.24 Å². The lowest BCUT2D eigenvalue weighted by Gasteiger charge is -2.19. The van der Waals surface area contributed by atoms with Gasteiger partial charge in [-0.1, -0.05) is 91.0 Å². The van der Waals surface area contributed by atoms with Crippen molar-refractivity contribution >= 4 is 16.8 Å². The van der Waals surface area contributed by atoms with Crippen molar-refractivity contribution in [2.75, 3.05) is 0 Å². The van der Waals surface area contributed by atoms with Crippen molar-refractivity contribution in [2.24, 2.45) is 0 Å². The molecule has 0 spiro atoms. The van der Waals surface area contributed by atoms with E-state index in [4.69, 9.17) is 25.8 Å². The SMILES string of the molecule is O=C(Cl)c1ccc(OCc2ccccc2)c(OCc2ccccc2)c1OCc1ccccc1. The Hall–Kier alpha value is -3.76. The van der Waals surface area contributed by atoms with Crippen LogP contribution in [0.5, 0.6) is 17.2 Å². The van der Waals surface area contributed by atoms with Gasteiger partial charge in [-0.25, -0.2) is 0 Å². The van der Waals surface area contributed by atoms with E-state index in [1.807, 2.05) is 91.0 Å². The van der Waals surface area contributed by atoms with Crippen LogP contribution in [-0.2, 0) is 19.8 Å². The molecular weight excluding hydrogens is 436 g/mol. The van der Waals surface area contributed by atoms with Gasteiger partial charge in [-0.05, 0) is 40.4 Å². The highest BCUT2D eigenvalue weighted by Crippen LogP contribution is 2.42. The zero-order valence-corrected chi connectivity index (χ0v) is 18.7. The average Bonchev–Trinajstić information content (AvgIpc) is 2.86. The van der Waals surface area contributed by atoms with Gasteiger partial charge < -0.3 is 14.2 Å². The summed E-state index contributed by atoms with van der Waals surface area (Å²) < 4.78 is 18.3. The van der Waals surface area contributed by atoms with Gasteiger partial charge in [0.1, 0.15) is 19.8 Å². The van der Waals surface area contributed by atoms with Gasteiger partial charge in [0.05, 0.1) is 5.56 Å². The van der Waals surface area contributed by atoms with Crippen molar-refractivity contribution in [3.8, 4) is 17.2 Å². The Labute approximate surface area is 198 Å². The number of carbonyl (C=O) groups excluding carboxylic acids is 1. The van der Waals surface area contributed by atoms with Gasteiger partial charge in [-0.15, -0.1) is 0 Å². The van der Waals surface area contributed by atoms with Crippen LogP contribution < -0.4 is 14.2 Å². The Morgan fingerprint density at radius 3 is 1.42 bits per heavy atom. The van der Waals surface area contributed by atoms with Crippen LogP contribution in [-0.4, -0.2) is 5.24 Å². The van der Waals surface area contributed by atoms with E-state index >= 15 is 0 Å². The summed E-state index contributed by atoms with van der Waals surface area (Å²) in [5, 5.41) is -0.628. The molecule has 0 aliphatic rings. The maximum atomic E-state index is 12.2. The first-order valence-corrected chi connectivity index (χ1v) is 11.0. The first kappa shape index (κ1) is 22.4. The standard InChI is InChI=1S/C28H23ClO4/c29-28(30)24-16-17-25(31-18-21-10-4-1-5-11-21)27(33-20-23-14-8-3-9-15-23)26(24)32-19-22-12-6-2-7-13-22/h1-17H,18-20H2. The number of benzene rings is 4. The molecule has 33 heavy (non-hydrogen) atoms. The lowest BCUT2D eigenvalue weighted by atomic mass is 10.1. The molecular formula is C28H23ClO4. The molecule has 5 heteroatoms. The summed E-state index contributed by atoms with van der Waals surface area (Å²) in [6, 6.07) is 32.6. The topological polar surface area (TPSA) is 44.8 Å². The zero-order valence-electron chi connectivity index (χ0n) is 17.9. The molecule has 166 valence electrons. The third-order valence-corrected chi connectivity index (χ3v) is 5.18. The number of hydrogen-bond acceptors (Lipinski definition) is 4. The van der Waals surface area contributed by atoms with Crippen LogP contribution in [0.1, 0.15) is 27.0 Å². The van der Waals surface area contributed by atoms with Gasteiger partial charge in [-0.3, -0.25) is 4.79 Å². The van der Waals surface area contributed by atoms with Crippen molar-refractivity contribution in [2.45, 2.75) is 19.8 Å². The predicted molar refractivity (Wildman–Crippen MR) is 129 cm³/mol. The van der Waals surface area contributed by atoms with E-state index in [0.717, 1.165) is 16.7 Å². The summed E-state index contributed by atoms with van der Waals surface area (Å²) in [7, 11) is 0. The molecule has 4 aromatic carbocycles. The minimum Gasteiger partial charge on any atom is -0.485 e. The molecule has 0 unspecified atom stereocenters. The smallest absolute Gasteiger partial charge is 0.256 e. The number of hydrogen-bond donors (Lipinski definition) is 0. The summed E-state index contributed by atoms with van der Waals surface area (Å²) in [5.74, 6) is 1.08. The molecule has 0 amide bonds. The van der Waals surface area contributed by atoms with E-state index in [9.17, 15) is 4.79 Å². The fourth-order valence-corrected chi connectivity index (χ4v) is 3.44. The van der Waals surface area contributed by atoms with Crippen molar-refractivity contribution in [1.29, 1.82) is 0 Å². The predicted octanol–water partition coefficient (Wildman–Crippen LogP) is 6.80. The van der Waals surface area contributed by atoms with E-state index in [-0.39, 0.29) is 24.5 Å². The second kappa shape index (κ2) is 11.2. The minimum absolute atomic E-state index is 0.225. The molecule has 0 N–H and O–H groups in total. The molecule has 0 saturated carbocycles. The van der Waals surface area contributed by atoms with Crippen molar-refractivity contribution in [3.63, 3.8) is 0 Å². The molecule has 4 rings (SSSR count). The third-order valence-electron chi connectivity index (χ3n) is 4.98. The first-order chi connectivity index (χ1) is 16.2. The maximum Gasteiger partial charge on any atom is 0.256 e. The minimum atomic E-state index is -0.628. The number of carbonyl (C=O) groups is 1.